The SMILES string of the molecule is Nc1c(-c2ccccc2)c2cc3nc(cc4ccc(cc5nc(cc1n2N)C=C5)[nH]4)C=C3. The lowest BCUT2D eigenvalue weighted by molar-refractivity contribution is 1.11. The molecular formula is C26H20N6. The minimum absolute atomic E-state index is 0.606. The highest BCUT2D eigenvalue weighted by molar-refractivity contribution is 6.00. The summed E-state index contributed by atoms with van der Waals surface area (Å²) in [4.78, 5) is 12.9. The Morgan fingerprint density at radius 1 is 0.656 bits per heavy atom. The smallest absolute Gasteiger partial charge is 0.0882 e. The number of nitrogen functional groups attached to an aromatic ring is 2. The second-order valence-electron chi connectivity index (χ2n) is 7.83. The number of benzene rings is 1. The van der Waals surface area contributed by atoms with E-state index < -0.39 is 0 Å². The van der Waals surface area contributed by atoms with E-state index in [2.05, 4.69) is 4.98 Å². The number of hydrogen-bond acceptors (Lipinski definition) is 4. The van der Waals surface area contributed by atoms with Crippen LogP contribution in [0, 0.1) is 0 Å². The van der Waals surface area contributed by atoms with Crippen molar-refractivity contribution < 1.29 is 0 Å². The molecule has 0 spiro atoms. The third kappa shape index (κ3) is 3.06. The minimum Gasteiger partial charge on any atom is -0.396 e. The van der Waals surface area contributed by atoms with E-state index in [-0.39, 0.29) is 0 Å². The van der Waals surface area contributed by atoms with Gasteiger partial charge in [-0.2, -0.15) is 0 Å². The van der Waals surface area contributed by atoms with Crippen LogP contribution in [0.4, 0.5) is 5.69 Å². The third-order valence-corrected chi connectivity index (χ3v) is 5.66. The quantitative estimate of drug-likeness (QED) is 0.325. The Morgan fingerprint density at radius 3 is 1.78 bits per heavy atom. The number of anilines is 1. The van der Waals surface area contributed by atoms with Crippen molar-refractivity contribution in [1.82, 2.24) is 19.6 Å². The van der Waals surface area contributed by atoms with E-state index in [1.165, 1.54) is 0 Å². The van der Waals surface area contributed by atoms with Crippen LogP contribution in [-0.2, 0) is 0 Å². The summed E-state index contributed by atoms with van der Waals surface area (Å²) in [5.74, 6) is 6.58. The highest BCUT2D eigenvalue weighted by Gasteiger charge is 2.15. The van der Waals surface area contributed by atoms with Crippen molar-refractivity contribution in [3.63, 3.8) is 0 Å². The third-order valence-electron chi connectivity index (χ3n) is 5.66. The Bertz CT molecular complexity index is 1590. The summed E-state index contributed by atoms with van der Waals surface area (Å²) in [6.45, 7) is 0. The Kier molecular flexibility index (Phi) is 3.98. The summed E-state index contributed by atoms with van der Waals surface area (Å²) in [7, 11) is 0. The van der Waals surface area contributed by atoms with Crippen LogP contribution >= 0.6 is 0 Å². The van der Waals surface area contributed by atoms with E-state index >= 15 is 0 Å². The van der Waals surface area contributed by atoms with Gasteiger partial charge in [0, 0.05) is 16.6 Å². The molecule has 0 amide bonds. The van der Waals surface area contributed by atoms with Crippen LogP contribution in [0.25, 0.3) is 57.5 Å². The van der Waals surface area contributed by atoms with Crippen molar-refractivity contribution in [3.8, 4) is 11.1 Å². The topological polar surface area (TPSA) is 98.5 Å². The molecule has 0 radical (unpaired) electrons. The van der Waals surface area contributed by atoms with E-state index in [1.807, 2.05) is 91.0 Å². The number of nitrogens with zero attached hydrogens (tertiary/aromatic N) is 3. The average molecular weight is 416 g/mol. The Balaban J connectivity index is 1.76. The second-order valence-corrected chi connectivity index (χ2v) is 7.83. The van der Waals surface area contributed by atoms with Crippen LogP contribution in [0.1, 0.15) is 22.8 Å². The van der Waals surface area contributed by atoms with E-state index in [1.54, 1.807) is 4.68 Å². The summed E-state index contributed by atoms with van der Waals surface area (Å²) in [5, 5.41) is 0. The molecule has 6 rings (SSSR count). The number of rotatable bonds is 1. The molecule has 1 aromatic carbocycles. The Morgan fingerprint density at radius 2 is 1.19 bits per heavy atom. The van der Waals surface area contributed by atoms with Gasteiger partial charge in [0.2, 0.25) is 0 Å². The van der Waals surface area contributed by atoms with Gasteiger partial charge in [0.1, 0.15) is 0 Å². The molecule has 5 heterocycles. The molecule has 0 atom stereocenters. The van der Waals surface area contributed by atoms with Gasteiger partial charge in [-0.3, -0.25) is 4.68 Å². The predicted octanol–water partition coefficient (Wildman–Crippen LogP) is 5.09. The molecule has 0 saturated carbocycles. The lowest BCUT2D eigenvalue weighted by Gasteiger charge is -2.01. The van der Waals surface area contributed by atoms with Crippen LogP contribution < -0.4 is 11.6 Å². The van der Waals surface area contributed by atoms with Crippen LogP contribution in [0.2, 0.25) is 0 Å². The van der Waals surface area contributed by atoms with E-state index in [0.29, 0.717) is 11.2 Å². The summed E-state index contributed by atoms with van der Waals surface area (Å²) in [6, 6.07) is 22.0. The predicted molar refractivity (Wildman–Crippen MR) is 132 cm³/mol. The number of aromatic nitrogens is 4. The highest BCUT2D eigenvalue weighted by atomic mass is 15.3. The van der Waals surface area contributed by atoms with Gasteiger partial charge in [-0.25, -0.2) is 9.97 Å². The molecule has 8 bridgehead atoms. The maximum atomic E-state index is 6.65. The first kappa shape index (κ1) is 18.2. The van der Waals surface area contributed by atoms with Gasteiger partial charge in [-0.05, 0) is 66.3 Å². The van der Waals surface area contributed by atoms with Gasteiger partial charge >= 0.3 is 0 Å². The maximum Gasteiger partial charge on any atom is 0.0882 e. The molecule has 0 fully saturated rings. The maximum absolute atomic E-state index is 6.65. The normalized spacial score (nSPS) is 12.4. The number of nitrogens with one attached hydrogen (secondary N) is 1. The monoisotopic (exact) mass is 416 g/mol. The highest BCUT2D eigenvalue weighted by Crippen LogP contribution is 2.36. The van der Waals surface area contributed by atoms with Crippen molar-refractivity contribution in [3.05, 3.63) is 89.5 Å². The Labute approximate surface area is 184 Å². The standard InChI is InChI=1S/C26H20N6/c27-26-24-15-22-11-9-20(31-22)13-18-7-6-17(29-18)12-19-8-10-21(30-19)14-23(32(24)28)25(26)16-4-2-1-3-5-16/h1-15,29H,27-28H2. The molecule has 0 aliphatic carbocycles. The molecule has 2 aliphatic heterocycles. The lowest BCUT2D eigenvalue weighted by Crippen LogP contribution is -2.07. The van der Waals surface area contributed by atoms with Crippen molar-refractivity contribution in [2.75, 3.05) is 11.6 Å². The van der Waals surface area contributed by atoms with Gasteiger partial charge in [-0.1, -0.05) is 30.3 Å². The van der Waals surface area contributed by atoms with E-state index in [9.17, 15) is 0 Å². The van der Waals surface area contributed by atoms with Gasteiger partial charge in [0.05, 0.1) is 39.5 Å². The zero-order chi connectivity index (χ0) is 21.7. The summed E-state index contributed by atoms with van der Waals surface area (Å²) in [6.07, 6.45) is 7.90. The second kappa shape index (κ2) is 6.99. The fraction of sp³-hybridized carbons (Fsp3) is 0. The van der Waals surface area contributed by atoms with Crippen LogP contribution in [0.5, 0.6) is 0 Å². The van der Waals surface area contributed by atoms with Crippen LogP contribution in [0.15, 0.2) is 66.7 Å². The number of fused-ring (bicyclic) bond motifs is 8. The molecule has 0 saturated heterocycles. The fourth-order valence-electron chi connectivity index (χ4n) is 4.15. The molecule has 6 nitrogen and oxygen atoms in total. The zero-order valence-electron chi connectivity index (χ0n) is 17.2. The number of aromatic amines is 1. The molecule has 5 N–H and O–H groups in total. The molecule has 6 heteroatoms. The lowest BCUT2D eigenvalue weighted by atomic mass is 10.1. The van der Waals surface area contributed by atoms with E-state index in [4.69, 9.17) is 21.5 Å². The molecule has 32 heavy (non-hydrogen) atoms. The van der Waals surface area contributed by atoms with Crippen LogP contribution in [0.3, 0.4) is 0 Å². The first-order valence-corrected chi connectivity index (χ1v) is 10.3. The fourth-order valence-corrected chi connectivity index (χ4v) is 4.15. The number of hydrogen-bond donors (Lipinski definition) is 3. The van der Waals surface area contributed by atoms with Gasteiger partial charge in [0.15, 0.2) is 0 Å². The number of H-pyrrole nitrogens is 1. The van der Waals surface area contributed by atoms with Crippen molar-refractivity contribution in [2.24, 2.45) is 0 Å². The van der Waals surface area contributed by atoms with Gasteiger partial charge < -0.3 is 16.6 Å². The zero-order valence-corrected chi connectivity index (χ0v) is 17.2. The van der Waals surface area contributed by atoms with E-state index in [0.717, 1.165) is 50.5 Å². The summed E-state index contributed by atoms with van der Waals surface area (Å²) >= 11 is 0. The molecule has 0 unspecified atom stereocenters. The molecular weight excluding hydrogens is 396 g/mol. The number of nitrogens with two attached hydrogens (primary N) is 2. The van der Waals surface area contributed by atoms with Crippen molar-refractivity contribution in [2.45, 2.75) is 0 Å². The van der Waals surface area contributed by atoms with Gasteiger partial charge in [-0.15, -0.1) is 0 Å². The van der Waals surface area contributed by atoms with Crippen molar-refractivity contribution >= 4 is 52.1 Å². The Hall–Kier alpha value is -4.58. The average Bonchev–Trinajstić information content (AvgIpc) is 3.57. The van der Waals surface area contributed by atoms with Crippen LogP contribution in [-0.4, -0.2) is 19.6 Å². The first-order chi connectivity index (χ1) is 15.6. The summed E-state index contributed by atoms with van der Waals surface area (Å²) in [5.41, 5.74) is 15.9. The van der Waals surface area contributed by atoms with Crippen molar-refractivity contribution in [1.29, 1.82) is 0 Å². The molecule has 4 aromatic rings. The summed E-state index contributed by atoms with van der Waals surface area (Å²) < 4.78 is 1.62. The largest absolute Gasteiger partial charge is 0.396 e. The van der Waals surface area contributed by atoms with Gasteiger partial charge in [0.25, 0.3) is 0 Å². The first-order valence-electron chi connectivity index (χ1n) is 10.3. The molecule has 2 aliphatic rings. The molecule has 3 aromatic heterocycles. The molecule has 154 valence electrons. The minimum atomic E-state index is 0.606.